The van der Waals surface area contributed by atoms with E-state index in [9.17, 15) is 0 Å². The van der Waals surface area contributed by atoms with Gasteiger partial charge in [0.1, 0.15) is 5.75 Å². The average molecular weight is 242 g/mol. The second-order valence-electron chi connectivity index (χ2n) is 4.79. The van der Waals surface area contributed by atoms with Crippen molar-refractivity contribution >= 4 is 10.9 Å². The molecule has 0 bridgehead atoms. The highest BCUT2D eigenvalue weighted by atomic mass is 16.5. The molecule has 1 unspecified atom stereocenters. The molecule has 0 radical (unpaired) electrons. The van der Waals surface area contributed by atoms with Gasteiger partial charge in [-0.3, -0.25) is 4.98 Å². The van der Waals surface area contributed by atoms with Gasteiger partial charge >= 0.3 is 0 Å². The van der Waals surface area contributed by atoms with Crippen molar-refractivity contribution in [3.8, 4) is 5.75 Å². The molecular formula is C15H18N2O. The van der Waals surface area contributed by atoms with Gasteiger partial charge in [-0.2, -0.15) is 0 Å². The van der Waals surface area contributed by atoms with Crippen molar-refractivity contribution in [2.75, 3.05) is 13.7 Å². The molecule has 0 saturated carbocycles. The third-order valence-electron chi connectivity index (χ3n) is 3.67. The van der Waals surface area contributed by atoms with E-state index in [1.54, 1.807) is 7.11 Å². The summed E-state index contributed by atoms with van der Waals surface area (Å²) in [4.78, 5) is 4.44. The lowest BCUT2D eigenvalue weighted by Gasteiger charge is -2.24. The first-order valence-corrected chi connectivity index (χ1v) is 6.54. The second kappa shape index (κ2) is 4.94. The molecule has 3 nitrogen and oxygen atoms in total. The molecule has 1 fully saturated rings. The quantitative estimate of drug-likeness (QED) is 0.878. The standard InChI is InChI=1S/C15H18N2O/c1-18-11-5-6-12-13(7-9-17-15(12)10-11)14-4-2-3-8-16-14/h5-7,9-10,14,16H,2-4,8H2,1H3. The van der Waals surface area contributed by atoms with Crippen molar-refractivity contribution in [3.05, 3.63) is 36.0 Å². The van der Waals surface area contributed by atoms with Gasteiger partial charge < -0.3 is 10.1 Å². The van der Waals surface area contributed by atoms with E-state index in [1.165, 1.54) is 30.2 Å². The highest BCUT2D eigenvalue weighted by molar-refractivity contribution is 5.83. The lowest BCUT2D eigenvalue weighted by Crippen LogP contribution is -2.26. The van der Waals surface area contributed by atoms with Crippen molar-refractivity contribution in [2.45, 2.75) is 25.3 Å². The monoisotopic (exact) mass is 242 g/mol. The number of aromatic nitrogens is 1. The van der Waals surface area contributed by atoms with Crippen LogP contribution in [0.4, 0.5) is 0 Å². The molecule has 1 saturated heterocycles. The first-order valence-electron chi connectivity index (χ1n) is 6.54. The number of methoxy groups -OCH3 is 1. The van der Waals surface area contributed by atoms with Crippen LogP contribution in [0.1, 0.15) is 30.9 Å². The first kappa shape index (κ1) is 11.5. The maximum Gasteiger partial charge on any atom is 0.121 e. The molecule has 2 aromatic rings. The maximum absolute atomic E-state index is 5.25. The first-order chi connectivity index (χ1) is 8.88. The lowest BCUT2D eigenvalue weighted by molar-refractivity contribution is 0.413. The summed E-state index contributed by atoms with van der Waals surface area (Å²) in [6.45, 7) is 1.12. The number of nitrogens with one attached hydrogen (secondary N) is 1. The number of pyridine rings is 1. The lowest BCUT2D eigenvalue weighted by atomic mass is 9.95. The molecule has 0 spiro atoms. The number of rotatable bonds is 2. The van der Waals surface area contributed by atoms with Crippen LogP contribution in [0.5, 0.6) is 5.75 Å². The van der Waals surface area contributed by atoms with Crippen molar-refractivity contribution < 1.29 is 4.74 Å². The molecule has 1 aromatic heterocycles. The Morgan fingerprint density at radius 3 is 3.00 bits per heavy atom. The largest absolute Gasteiger partial charge is 0.497 e. The molecule has 2 heterocycles. The smallest absolute Gasteiger partial charge is 0.121 e. The van der Waals surface area contributed by atoms with Crippen LogP contribution in [0.3, 0.4) is 0 Å². The van der Waals surface area contributed by atoms with E-state index in [4.69, 9.17) is 4.74 Å². The average Bonchev–Trinajstić information content (AvgIpc) is 2.47. The van der Waals surface area contributed by atoms with Crippen LogP contribution in [-0.4, -0.2) is 18.6 Å². The Bertz CT molecular complexity index is 547. The van der Waals surface area contributed by atoms with Gasteiger partial charge in [-0.05, 0) is 43.1 Å². The molecule has 94 valence electrons. The predicted molar refractivity (Wildman–Crippen MR) is 72.9 cm³/mol. The normalized spacial score (nSPS) is 19.9. The van der Waals surface area contributed by atoms with Gasteiger partial charge in [0.25, 0.3) is 0 Å². The van der Waals surface area contributed by atoms with Gasteiger partial charge in [-0.1, -0.05) is 6.42 Å². The topological polar surface area (TPSA) is 34.1 Å². The van der Waals surface area contributed by atoms with Crippen LogP contribution in [0.25, 0.3) is 10.9 Å². The van der Waals surface area contributed by atoms with Crippen LogP contribution in [0, 0.1) is 0 Å². The van der Waals surface area contributed by atoms with Gasteiger partial charge in [-0.25, -0.2) is 0 Å². The van der Waals surface area contributed by atoms with E-state index in [1.807, 2.05) is 18.3 Å². The summed E-state index contributed by atoms with van der Waals surface area (Å²) >= 11 is 0. The molecule has 3 heteroatoms. The summed E-state index contributed by atoms with van der Waals surface area (Å²) in [6.07, 6.45) is 5.70. The van der Waals surface area contributed by atoms with Crippen LogP contribution >= 0.6 is 0 Å². The number of piperidine rings is 1. The maximum atomic E-state index is 5.25. The molecule has 1 aliphatic rings. The Labute approximate surface area is 107 Å². The van der Waals surface area contributed by atoms with Gasteiger partial charge in [0.2, 0.25) is 0 Å². The van der Waals surface area contributed by atoms with E-state index in [0.717, 1.165) is 17.8 Å². The Balaban J connectivity index is 2.05. The molecule has 18 heavy (non-hydrogen) atoms. The van der Waals surface area contributed by atoms with Crippen LogP contribution in [0.15, 0.2) is 30.5 Å². The summed E-state index contributed by atoms with van der Waals surface area (Å²) in [6, 6.07) is 8.74. The number of hydrogen-bond acceptors (Lipinski definition) is 3. The third-order valence-corrected chi connectivity index (χ3v) is 3.67. The second-order valence-corrected chi connectivity index (χ2v) is 4.79. The van der Waals surface area contributed by atoms with Crippen LogP contribution < -0.4 is 10.1 Å². The van der Waals surface area contributed by atoms with Gasteiger partial charge in [0, 0.05) is 23.7 Å². The third kappa shape index (κ3) is 2.06. The van der Waals surface area contributed by atoms with Gasteiger partial charge in [0.15, 0.2) is 0 Å². The minimum atomic E-state index is 0.470. The molecule has 1 aromatic carbocycles. The zero-order valence-corrected chi connectivity index (χ0v) is 10.6. The van der Waals surface area contributed by atoms with Crippen molar-refractivity contribution in [2.24, 2.45) is 0 Å². The summed E-state index contributed by atoms with van der Waals surface area (Å²) in [5.41, 5.74) is 2.38. The number of hydrogen-bond donors (Lipinski definition) is 1. The summed E-state index contributed by atoms with van der Waals surface area (Å²) in [5.74, 6) is 0.865. The van der Waals surface area contributed by atoms with E-state index >= 15 is 0 Å². The highest BCUT2D eigenvalue weighted by Gasteiger charge is 2.17. The predicted octanol–water partition coefficient (Wildman–Crippen LogP) is 3.06. The summed E-state index contributed by atoms with van der Waals surface area (Å²) in [5, 5.41) is 4.83. The number of nitrogens with zero attached hydrogens (tertiary/aromatic N) is 1. The summed E-state index contributed by atoms with van der Waals surface area (Å²) < 4.78 is 5.25. The van der Waals surface area contributed by atoms with Gasteiger partial charge in [-0.15, -0.1) is 0 Å². The fraction of sp³-hybridized carbons (Fsp3) is 0.400. The van der Waals surface area contributed by atoms with Crippen molar-refractivity contribution in [1.29, 1.82) is 0 Å². The van der Waals surface area contributed by atoms with Crippen molar-refractivity contribution in [1.82, 2.24) is 10.3 Å². The summed E-state index contributed by atoms with van der Waals surface area (Å²) in [7, 11) is 1.69. The zero-order valence-electron chi connectivity index (χ0n) is 10.6. The molecular weight excluding hydrogens is 224 g/mol. The van der Waals surface area contributed by atoms with E-state index in [-0.39, 0.29) is 0 Å². The molecule has 1 atom stereocenters. The van der Waals surface area contributed by atoms with Crippen molar-refractivity contribution in [3.63, 3.8) is 0 Å². The Morgan fingerprint density at radius 2 is 2.22 bits per heavy atom. The van der Waals surface area contributed by atoms with Crippen LogP contribution in [0.2, 0.25) is 0 Å². The minimum absolute atomic E-state index is 0.470. The molecule has 0 aliphatic carbocycles. The van der Waals surface area contributed by atoms with E-state index < -0.39 is 0 Å². The molecule has 1 aliphatic heterocycles. The fourth-order valence-corrected chi connectivity index (χ4v) is 2.70. The van der Waals surface area contributed by atoms with Crippen LogP contribution in [-0.2, 0) is 0 Å². The Morgan fingerprint density at radius 1 is 1.28 bits per heavy atom. The molecule has 0 amide bonds. The van der Waals surface area contributed by atoms with E-state index in [0.29, 0.717) is 6.04 Å². The van der Waals surface area contributed by atoms with Gasteiger partial charge in [0.05, 0.1) is 12.6 Å². The minimum Gasteiger partial charge on any atom is -0.497 e. The molecule has 3 rings (SSSR count). The number of fused-ring (bicyclic) bond motifs is 1. The zero-order chi connectivity index (χ0) is 12.4. The number of ether oxygens (including phenoxy) is 1. The van der Waals surface area contributed by atoms with E-state index in [2.05, 4.69) is 22.4 Å². The Hall–Kier alpha value is -1.61. The molecule has 1 N–H and O–H groups in total. The number of benzene rings is 1. The fourth-order valence-electron chi connectivity index (χ4n) is 2.70. The Kier molecular flexibility index (Phi) is 3.15. The SMILES string of the molecule is COc1ccc2c(C3CCCCN3)ccnc2c1. The highest BCUT2D eigenvalue weighted by Crippen LogP contribution is 2.30.